The highest BCUT2D eigenvalue weighted by Crippen LogP contribution is 2.27. The normalized spacial score (nSPS) is 10.4. The lowest BCUT2D eigenvalue weighted by Gasteiger charge is -2.12. The zero-order valence-corrected chi connectivity index (χ0v) is 12.0. The van der Waals surface area contributed by atoms with Crippen molar-refractivity contribution in [2.75, 3.05) is 6.54 Å². The molecule has 0 saturated heterocycles. The van der Waals surface area contributed by atoms with Crippen LogP contribution in [-0.4, -0.2) is 11.5 Å². The maximum Gasteiger partial charge on any atom is 0.269 e. The van der Waals surface area contributed by atoms with Crippen LogP contribution in [0.25, 0.3) is 0 Å². The van der Waals surface area contributed by atoms with Gasteiger partial charge in [-0.15, -0.1) is 0 Å². The minimum Gasteiger partial charge on any atom is -0.489 e. The summed E-state index contributed by atoms with van der Waals surface area (Å²) in [4.78, 5) is 10.2. The van der Waals surface area contributed by atoms with Crippen molar-refractivity contribution < 1.29 is 9.66 Å². The van der Waals surface area contributed by atoms with E-state index in [-0.39, 0.29) is 5.69 Å². The van der Waals surface area contributed by atoms with E-state index in [1.807, 2.05) is 12.1 Å². The second-order valence-electron chi connectivity index (χ2n) is 4.47. The first-order valence-electron chi connectivity index (χ1n) is 6.45. The van der Waals surface area contributed by atoms with E-state index in [2.05, 4.69) is 0 Å². The van der Waals surface area contributed by atoms with Crippen LogP contribution >= 0.6 is 11.6 Å². The number of non-ortho nitro benzene ring substituents is 1. The van der Waals surface area contributed by atoms with Crippen molar-refractivity contribution in [3.63, 3.8) is 0 Å². The molecule has 0 atom stereocenters. The molecule has 110 valence electrons. The van der Waals surface area contributed by atoms with E-state index in [1.54, 1.807) is 18.2 Å². The van der Waals surface area contributed by atoms with Crippen molar-refractivity contribution in [2.45, 2.75) is 13.0 Å². The van der Waals surface area contributed by atoms with Crippen molar-refractivity contribution in [3.05, 3.63) is 68.7 Å². The molecule has 0 aliphatic carbocycles. The molecule has 0 radical (unpaired) electrons. The van der Waals surface area contributed by atoms with Crippen LogP contribution in [0.5, 0.6) is 5.75 Å². The highest BCUT2D eigenvalue weighted by atomic mass is 35.5. The van der Waals surface area contributed by atoms with Gasteiger partial charge in [-0.3, -0.25) is 10.1 Å². The van der Waals surface area contributed by atoms with Gasteiger partial charge in [0, 0.05) is 22.7 Å². The molecule has 0 bridgehead atoms. The van der Waals surface area contributed by atoms with Crippen LogP contribution in [0.1, 0.15) is 11.1 Å². The fourth-order valence-corrected chi connectivity index (χ4v) is 2.20. The van der Waals surface area contributed by atoms with Crippen LogP contribution in [0.4, 0.5) is 5.69 Å². The molecule has 0 heterocycles. The molecule has 6 heteroatoms. The highest BCUT2D eigenvalue weighted by Gasteiger charge is 2.08. The van der Waals surface area contributed by atoms with Crippen molar-refractivity contribution in [3.8, 4) is 5.75 Å². The Labute approximate surface area is 127 Å². The summed E-state index contributed by atoms with van der Waals surface area (Å²) < 4.78 is 5.75. The van der Waals surface area contributed by atoms with E-state index in [4.69, 9.17) is 22.1 Å². The number of rotatable bonds is 6. The van der Waals surface area contributed by atoms with Gasteiger partial charge in [-0.05, 0) is 42.8 Å². The summed E-state index contributed by atoms with van der Waals surface area (Å²) in [6, 6.07) is 11.7. The van der Waals surface area contributed by atoms with E-state index in [0.29, 0.717) is 30.3 Å². The van der Waals surface area contributed by atoms with Gasteiger partial charge in [-0.1, -0.05) is 17.7 Å². The van der Waals surface area contributed by atoms with Gasteiger partial charge in [-0.25, -0.2) is 0 Å². The molecule has 0 aliphatic heterocycles. The van der Waals surface area contributed by atoms with E-state index in [0.717, 1.165) is 11.1 Å². The molecule has 5 nitrogen and oxygen atoms in total. The summed E-state index contributed by atoms with van der Waals surface area (Å²) >= 11 is 6.14. The summed E-state index contributed by atoms with van der Waals surface area (Å²) in [6.45, 7) is 0.799. The number of hydrogen-bond acceptors (Lipinski definition) is 4. The third kappa shape index (κ3) is 3.93. The van der Waals surface area contributed by atoms with Gasteiger partial charge in [-0.2, -0.15) is 0 Å². The number of nitrogens with two attached hydrogens (primary N) is 1. The minimum atomic E-state index is -0.430. The molecule has 2 aromatic rings. The van der Waals surface area contributed by atoms with Gasteiger partial charge < -0.3 is 10.5 Å². The number of halogens is 1. The lowest BCUT2D eigenvalue weighted by atomic mass is 10.1. The summed E-state index contributed by atoms with van der Waals surface area (Å²) in [6.07, 6.45) is 0.634. The van der Waals surface area contributed by atoms with Crippen LogP contribution in [0.2, 0.25) is 5.02 Å². The highest BCUT2D eigenvalue weighted by molar-refractivity contribution is 6.31. The third-order valence-corrected chi connectivity index (χ3v) is 3.37. The van der Waals surface area contributed by atoms with Gasteiger partial charge in [0.25, 0.3) is 5.69 Å². The Kier molecular flexibility index (Phi) is 5.14. The Bertz CT molecular complexity index is 629. The topological polar surface area (TPSA) is 78.4 Å². The SMILES string of the molecule is NCCc1c(Cl)cccc1OCc1ccc([N+](=O)[O-])cc1. The fourth-order valence-electron chi connectivity index (χ4n) is 1.94. The Morgan fingerprint density at radius 1 is 1.19 bits per heavy atom. The van der Waals surface area contributed by atoms with Gasteiger partial charge in [0.15, 0.2) is 0 Å². The Balaban J connectivity index is 2.09. The van der Waals surface area contributed by atoms with Crippen LogP contribution < -0.4 is 10.5 Å². The van der Waals surface area contributed by atoms with Crippen LogP contribution in [0.15, 0.2) is 42.5 Å². The fraction of sp³-hybridized carbons (Fsp3) is 0.200. The molecule has 21 heavy (non-hydrogen) atoms. The van der Waals surface area contributed by atoms with E-state index in [1.165, 1.54) is 12.1 Å². The molecule has 0 saturated carbocycles. The summed E-state index contributed by atoms with van der Waals surface area (Å²) in [5.41, 5.74) is 7.36. The molecule has 0 fully saturated rings. The molecule has 0 aromatic heterocycles. The lowest BCUT2D eigenvalue weighted by Crippen LogP contribution is -2.06. The first kappa shape index (κ1) is 15.3. The zero-order chi connectivity index (χ0) is 15.2. The molecule has 0 aliphatic rings. The average molecular weight is 307 g/mol. The first-order valence-corrected chi connectivity index (χ1v) is 6.83. The van der Waals surface area contributed by atoms with Crippen LogP contribution in [0, 0.1) is 10.1 Å². The van der Waals surface area contributed by atoms with Gasteiger partial charge in [0.05, 0.1) is 4.92 Å². The molecular weight excluding hydrogens is 292 g/mol. The van der Waals surface area contributed by atoms with Crippen molar-refractivity contribution in [2.24, 2.45) is 5.73 Å². The smallest absolute Gasteiger partial charge is 0.269 e. The quantitative estimate of drug-likeness (QED) is 0.656. The minimum absolute atomic E-state index is 0.0605. The van der Waals surface area contributed by atoms with E-state index >= 15 is 0 Å². The molecule has 2 N–H and O–H groups in total. The number of benzene rings is 2. The van der Waals surface area contributed by atoms with Gasteiger partial charge >= 0.3 is 0 Å². The second-order valence-corrected chi connectivity index (χ2v) is 4.87. The van der Waals surface area contributed by atoms with E-state index < -0.39 is 4.92 Å². The summed E-state index contributed by atoms with van der Waals surface area (Å²) in [5, 5.41) is 11.2. The maximum absolute atomic E-state index is 10.6. The second kappa shape index (κ2) is 7.06. The Hall–Kier alpha value is -2.11. The molecule has 0 unspecified atom stereocenters. The average Bonchev–Trinajstić information content (AvgIpc) is 2.48. The number of ether oxygens (including phenoxy) is 1. The Morgan fingerprint density at radius 3 is 2.52 bits per heavy atom. The van der Waals surface area contributed by atoms with Crippen molar-refractivity contribution in [1.29, 1.82) is 0 Å². The molecule has 0 amide bonds. The zero-order valence-electron chi connectivity index (χ0n) is 11.3. The molecule has 2 rings (SSSR count). The number of nitro benzene ring substituents is 1. The number of nitrogens with zero attached hydrogens (tertiary/aromatic N) is 1. The summed E-state index contributed by atoms with van der Waals surface area (Å²) in [7, 11) is 0. The van der Waals surface area contributed by atoms with Crippen molar-refractivity contribution in [1.82, 2.24) is 0 Å². The molecule has 0 spiro atoms. The molecular formula is C15H15ClN2O3. The number of hydrogen-bond donors (Lipinski definition) is 1. The first-order chi connectivity index (χ1) is 10.1. The predicted molar refractivity (Wildman–Crippen MR) is 81.6 cm³/mol. The van der Waals surface area contributed by atoms with Gasteiger partial charge in [0.1, 0.15) is 12.4 Å². The van der Waals surface area contributed by atoms with Crippen molar-refractivity contribution >= 4 is 17.3 Å². The Morgan fingerprint density at radius 2 is 1.90 bits per heavy atom. The predicted octanol–water partition coefficient (Wildman–Crippen LogP) is 3.33. The lowest BCUT2D eigenvalue weighted by molar-refractivity contribution is -0.384. The largest absolute Gasteiger partial charge is 0.489 e. The molecule has 2 aromatic carbocycles. The third-order valence-electron chi connectivity index (χ3n) is 3.01. The standard InChI is InChI=1S/C15H15ClN2O3/c16-14-2-1-3-15(13(14)8-9-17)21-10-11-4-6-12(7-5-11)18(19)20/h1-7H,8-10,17H2. The van der Waals surface area contributed by atoms with Crippen LogP contribution in [-0.2, 0) is 13.0 Å². The van der Waals surface area contributed by atoms with Gasteiger partial charge in [0.2, 0.25) is 0 Å². The monoisotopic (exact) mass is 306 g/mol. The van der Waals surface area contributed by atoms with E-state index in [9.17, 15) is 10.1 Å². The number of nitro groups is 1. The summed E-state index contributed by atoms with van der Waals surface area (Å²) in [5.74, 6) is 0.686. The van der Waals surface area contributed by atoms with Crippen LogP contribution in [0.3, 0.4) is 0 Å². The maximum atomic E-state index is 10.6.